The fraction of sp³-hybridized carbons (Fsp3) is 0.643. The molecule has 0 bridgehead atoms. The van der Waals surface area contributed by atoms with Gasteiger partial charge in [-0.2, -0.15) is 0 Å². The Morgan fingerprint density at radius 1 is 1.60 bits per heavy atom. The fourth-order valence-corrected chi connectivity index (χ4v) is 2.16. The van der Waals surface area contributed by atoms with E-state index >= 15 is 0 Å². The number of aldehydes is 1. The molecule has 1 nitrogen and oxygen atoms in total. The van der Waals surface area contributed by atoms with Crippen molar-refractivity contribution in [3.05, 3.63) is 22.8 Å². The van der Waals surface area contributed by atoms with Gasteiger partial charge in [0.25, 0.3) is 0 Å². The molecule has 0 unspecified atom stereocenters. The highest BCUT2D eigenvalue weighted by Gasteiger charge is 2.27. The third kappa shape index (κ3) is 3.05. The lowest BCUT2D eigenvalue weighted by Gasteiger charge is -2.34. The van der Waals surface area contributed by atoms with Crippen molar-refractivity contribution in [2.45, 2.75) is 53.3 Å². The predicted octanol–water partition coefficient (Wildman–Crippen LogP) is 4.05. The third-order valence-electron chi connectivity index (χ3n) is 3.09. The van der Waals surface area contributed by atoms with Crippen molar-refractivity contribution in [3.8, 4) is 0 Å². The predicted molar refractivity (Wildman–Crippen MR) is 64.8 cm³/mol. The molecule has 0 heterocycles. The Hall–Kier alpha value is -0.850. The Kier molecular flexibility index (Phi) is 2.99. The number of hydrogen-bond donors (Lipinski definition) is 0. The van der Waals surface area contributed by atoms with Crippen LogP contribution in [-0.4, -0.2) is 6.29 Å². The molecule has 15 heavy (non-hydrogen) atoms. The molecule has 0 fully saturated rings. The fourth-order valence-electron chi connectivity index (χ4n) is 2.16. The number of carbonyl (C=O) groups excluding carboxylic acids is 1. The Balaban J connectivity index is 3.24. The van der Waals surface area contributed by atoms with E-state index in [1.807, 2.05) is 6.92 Å². The smallest absolute Gasteiger partial charge is 0.145 e. The van der Waals surface area contributed by atoms with Gasteiger partial charge in [0.1, 0.15) is 6.29 Å². The van der Waals surface area contributed by atoms with Crippen molar-refractivity contribution in [3.63, 3.8) is 0 Å². The lowest BCUT2D eigenvalue weighted by atomic mass is 9.71. The van der Waals surface area contributed by atoms with Crippen LogP contribution in [0.3, 0.4) is 0 Å². The van der Waals surface area contributed by atoms with Crippen LogP contribution in [0.1, 0.15) is 56.1 Å². The topological polar surface area (TPSA) is 17.1 Å². The molecule has 0 spiro atoms. The first-order chi connectivity index (χ1) is 7.70. The van der Waals surface area contributed by atoms with E-state index in [4.69, 9.17) is 2.74 Å². The first kappa shape index (κ1) is 9.38. The molecule has 0 saturated carbocycles. The molecule has 0 radical (unpaired) electrons. The largest absolute Gasteiger partial charge is 0.298 e. The third-order valence-corrected chi connectivity index (χ3v) is 3.09. The van der Waals surface area contributed by atoms with Gasteiger partial charge in [-0.25, -0.2) is 0 Å². The minimum Gasteiger partial charge on any atom is -0.298 e. The van der Waals surface area contributed by atoms with Gasteiger partial charge in [0.05, 0.1) is 0 Å². The number of allylic oxidation sites excluding steroid dienone is 4. The zero-order valence-corrected chi connectivity index (χ0v) is 10.2. The van der Waals surface area contributed by atoms with Gasteiger partial charge in [0, 0.05) is 2.74 Å². The highest BCUT2D eigenvalue weighted by Crippen LogP contribution is 2.41. The maximum absolute atomic E-state index is 10.7. The van der Waals surface area contributed by atoms with Gasteiger partial charge in [-0.3, -0.25) is 4.79 Å². The second-order valence-electron chi connectivity index (χ2n) is 5.04. The van der Waals surface area contributed by atoms with Gasteiger partial charge < -0.3 is 0 Å². The molecule has 1 rings (SSSR count). The van der Waals surface area contributed by atoms with Gasteiger partial charge in [0.2, 0.25) is 0 Å². The van der Waals surface area contributed by atoms with Crippen molar-refractivity contribution >= 4 is 6.29 Å². The molecular formula is C14H22O. The number of carbonyl (C=O) groups is 1. The summed E-state index contributed by atoms with van der Waals surface area (Å²) in [6.07, 6.45) is 3.74. The highest BCUT2D eigenvalue weighted by atomic mass is 16.1. The summed E-state index contributed by atoms with van der Waals surface area (Å²) in [5.74, 6) is 0. The molecule has 0 aromatic carbocycles. The Morgan fingerprint density at radius 2 is 2.27 bits per heavy atom. The SMILES string of the molecule is [2H]C([2H])(/C=C(\C)C=O)C1=C(C)CCCC1(C)C. The molecule has 84 valence electrons. The van der Waals surface area contributed by atoms with Gasteiger partial charge in [-0.05, 0) is 50.5 Å². The van der Waals surface area contributed by atoms with Crippen LogP contribution < -0.4 is 0 Å². The summed E-state index contributed by atoms with van der Waals surface area (Å²) < 4.78 is 16.4. The minimum atomic E-state index is -1.51. The van der Waals surface area contributed by atoms with E-state index in [0.29, 0.717) is 11.9 Å². The molecule has 1 heteroatoms. The average Bonchev–Trinajstić information content (AvgIpc) is 2.14. The Bertz CT molecular complexity index is 376. The van der Waals surface area contributed by atoms with Crippen LogP contribution >= 0.6 is 0 Å². The molecule has 0 aliphatic heterocycles. The van der Waals surface area contributed by atoms with E-state index in [1.54, 1.807) is 6.92 Å². The van der Waals surface area contributed by atoms with Crippen molar-refractivity contribution in [2.75, 3.05) is 0 Å². The van der Waals surface area contributed by atoms with Crippen LogP contribution in [-0.2, 0) is 4.79 Å². The lowest BCUT2D eigenvalue weighted by Crippen LogP contribution is -2.20. The summed E-state index contributed by atoms with van der Waals surface area (Å²) in [6.45, 7) is 7.84. The van der Waals surface area contributed by atoms with Crippen molar-refractivity contribution < 1.29 is 7.54 Å². The van der Waals surface area contributed by atoms with E-state index in [9.17, 15) is 4.79 Å². The van der Waals surface area contributed by atoms with Crippen molar-refractivity contribution in [2.24, 2.45) is 5.41 Å². The summed E-state index contributed by atoms with van der Waals surface area (Å²) in [6, 6.07) is 0. The second kappa shape index (κ2) is 4.78. The normalized spacial score (nSPS) is 24.7. The Labute approximate surface area is 96.1 Å². The van der Waals surface area contributed by atoms with Crippen LogP contribution in [0.25, 0.3) is 0 Å². The van der Waals surface area contributed by atoms with E-state index in [2.05, 4.69) is 13.8 Å². The van der Waals surface area contributed by atoms with Crippen LogP contribution in [0.4, 0.5) is 0 Å². The first-order valence-electron chi connectivity index (χ1n) is 6.56. The molecule has 0 atom stereocenters. The molecule has 0 amide bonds. The van der Waals surface area contributed by atoms with E-state index in [-0.39, 0.29) is 5.41 Å². The summed E-state index contributed by atoms with van der Waals surface area (Å²) in [4.78, 5) is 10.7. The molecular weight excluding hydrogens is 184 g/mol. The monoisotopic (exact) mass is 208 g/mol. The molecule has 1 aliphatic carbocycles. The van der Waals surface area contributed by atoms with Crippen LogP contribution in [0.2, 0.25) is 0 Å². The molecule has 0 aromatic rings. The van der Waals surface area contributed by atoms with Crippen molar-refractivity contribution in [1.82, 2.24) is 0 Å². The standard InChI is InChI=1S/C14H22O/c1-11(10-15)7-8-13-12(2)6-5-9-14(13,3)4/h7,10H,5-6,8-9H2,1-4H3/b11-7+/i8D2. The average molecular weight is 208 g/mol. The van der Waals surface area contributed by atoms with Crippen LogP contribution in [0.5, 0.6) is 0 Å². The zero-order chi connectivity index (χ0) is 13.3. The summed E-state index contributed by atoms with van der Waals surface area (Å²) in [5.41, 5.74) is 2.33. The first-order valence-corrected chi connectivity index (χ1v) is 5.56. The minimum absolute atomic E-state index is 0.120. The van der Waals surface area contributed by atoms with E-state index < -0.39 is 6.37 Å². The summed E-state index contributed by atoms with van der Waals surface area (Å²) >= 11 is 0. The molecule has 0 saturated heterocycles. The van der Waals surface area contributed by atoms with E-state index in [0.717, 1.165) is 30.4 Å². The highest BCUT2D eigenvalue weighted by molar-refractivity contribution is 5.72. The number of hydrogen-bond acceptors (Lipinski definition) is 1. The summed E-state index contributed by atoms with van der Waals surface area (Å²) in [5, 5.41) is 0. The maximum atomic E-state index is 10.7. The van der Waals surface area contributed by atoms with Crippen LogP contribution in [0.15, 0.2) is 22.8 Å². The van der Waals surface area contributed by atoms with Gasteiger partial charge in [-0.15, -0.1) is 0 Å². The second-order valence-corrected chi connectivity index (χ2v) is 5.04. The van der Waals surface area contributed by atoms with Gasteiger partial charge in [-0.1, -0.05) is 31.1 Å². The van der Waals surface area contributed by atoms with Crippen LogP contribution in [0, 0.1) is 5.41 Å². The maximum Gasteiger partial charge on any atom is 0.145 e. The molecule has 0 aromatic heterocycles. The van der Waals surface area contributed by atoms with Gasteiger partial charge >= 0.3 is 0 Å². The quantitative estimate of drug-likeness (QED) is 0.388. The summed E-state index contributed by atoms with van der Waals surface area (Å²) in [7, 11) is 0. The molecule has 1 aliphatic rings. The molecule has 0 N–H and O–H groups in total. The Morgan fingerprint density at radius 3 is 2.80 bits per heavy atom. The number of rotatable bonds is 3. The van der Waals surface area contributed by atoms with E-state index in [1.165, 1.54) is 6.08 Å². The van der Waals surface area contributed by atoms with Gasteiger partial charge in [0.15, 0.2) is 0 Å². The van der Waals surface area contributed by atoms with Crippen molar-refractivity contribution in [1.29, 1.82) is 0 Å². The zero-order valence-electron chi connectivity index (χ0n) is 12.2. The lowest BCUT2D eigenvalue weighted by molar-refractivity contribution is -0.104.